The number of anilines is 1. The van der Waals surface area contributed by atoms with Crippen molar-refractivity contribution >= 4 is 5.69 Å². The van der Waals surface area contributed by atoms with Crippen LogP contribution in [0.15, 0.2) is 24.3 Å². The van der Waals surface area contributed by atoms with Crippen molar-refractivity contribution in [2.75, 3.05) is 24.6 Å². The molecule has 0 atom stereocenters. The van der Waals surface area contributed by atoms with Crippen LogP contribution in [0.3, 0.4) is 0 Å². The Hall–Kier alpha value is -1.53. The molecular formula is C13H18N2O. The maximum Gasteiger partial charge on any atom is 0.0992 e. The molecular weight excluding hydrogens is 200 g/mol. The molecule has 0 bridgehead atoms. The van der Waals surface area contributed by atoms with Crippen molar-refractivity contribution in [3.8, 4) is 6.07 Å². The minimum atomic E-state index is 0.139. The van der Waals surface area contributed by atoms with E-state index in [9.17, 15) is 0 Å². The van der Waals surface area contributed by atoms with Crippen LogP contribution < -0.4 is 4.90 Å². The van der Waals surface area contributed by atoms with Crippen LogP contribution in [0.5, 0.6) is 0 Å². The molecule has 1 rings (SSSR count). The first-order chi connectivity index (χ1) is 7.81. The second-order valence-corrected chi connectivity index (χ2v) is 3.73. The van der Waals surface area contributed by atoms with E-state index in [4.69, 9.17) is 10.4 Å². The van der Waals surface area contributed by atoms with Crippen LogP contribution in [0.4, 0.5) is 5.69 Å². The van der Waals surface area contributed by atoms with Crippen LogP contribution in [0.1, 0.15) is 25.3 Å². The number of benzene rings is 1. The van der Waals surface area contributed by atoms with Crippen molar-refractivity contribution in [2.24, 2.45) is 0 Å². The molecule has 0 spiro atoms. The Morgan fingerprint density at radius 2 is 2.19 bits per heavy atom. The van der Waals surface area contributed by atoms with Crippen molar-refractivity contribution in [3.05, 3.63) is 29.8 Å². The third kappa shape index (κ3) is 3.56. The first kappa shape index (κ1) is 12.5. The van der Waals surface area contributed by atoms with Gasteiger partial charge in [0.2, 0.25) is 0 Å². The molecule has 0 saturated heterocycles. The van der Waals surface area contributed by atoms with E-state index in [-0.39, 0.29) is 6.61 Å². The number of aliphatic hydroxyl groups excluding tert-OH is 1. The van der Waals surface area contributed by atoms with Gasteiger partial charge in [-0.15, -0.1) is 0 Å². The molecule has 0 aliphatic carbocycles. The van der Waals surface area contributed by atoms with E-state index in [1.165, 1.54) is 0 Å². The van der Waals surface area contributed by atoms with E-state index in [1.54, 1.807) is 6.07 Å². The fourth-order valence-electron chi connectivity index (χ4n) is 1.61. The van der Waals surface area contributed by atoms with E-state index < -0.39 is 0 Å². The van der Waals surface area contributed by atoms with Crippen LogP contribution in [0.25, 0.3) is 0 Å². The zero-order chi connectivity index (χ0) is 11.8. The normalized spacial score (nSPS) is 9.81. The minimum absolute atomic E-state index is 0.139. The van der Waals surface area contributed by atoms with Crippen LogP contribution in [-0.2, 0) is 0 Å². The van der Waals surface area contributed by atoms with Crippen LogP contribution in [0, 0.1) is 11.3 Å². The fraction of sp³-hybridized carbons (Fsp3) is 0.462. The highest BCUT2D eigenvalue weighted by Gasteiger charge is 2.05. The molecule has 0 fully saturated rings. The Morgan fingerprint density at radius 3 is 2.81 bits per heavy atom. The number of aliphatic hydroxyl groups is 1. The summed E-state index contributed by atoms with van der Waals surface area (Å²) in [5.41, 5.74) is 1.68. The lowest BCUT2D eigenvalue weighted by Crippen LogP contribution is -2.27. The number of hydrogen-bond acceptors (Lipinski definition) is 3. The van der Waals surface area contributed by atoms with Gasteiger partial charge in [-0.2, -0.15) is 5.26 Å². The van der Waals surface area contributed by atoms with Gasteiger partial charge in [-0.1, -0.05) is 19.4 Å². The third-order valence-electron chi connectivity index (χ3n) is 2.49. The molecule has 0 saturated carbocycles. The Balaban J connectivity index is 2.79. The summed E-state index contributed by atoms with van der Waals surface area (Å²) >= 11 is 0. The number of rotatable bonds is 6. The number of nitriles is 1. The molecule has 0 heterocycles. The second kappa shape index (κ2) is 6.86. The second-order valence-electron chi connectivity index (χ2n) is 3.73. The SMILES string of the molecule is CCCCN(CCO)c1cccc(C#N)c1. The van der Waals surface area contributed by atoms with Gasteiger partial charge in [0.15, 0.2) is 0 Å². The lowest BCUT2D eigenvalue weighted by molar-refractivity contribution is 0.301. The average Bonchev–Trinajstić information content (AvgIpc) is 2.34. The maximum atomic E-state index is 9.02. The van der Waals surface area contributed by atoms with Crippen LogP contribution >= 0.6 is 0 Å². The topological polar surface area (TPSA) is 47.3 Å². The summed E-state index contributed by atoms with van der Waals surface area (Å²) in [7, 11) is 0. The molecule has 3 heteroatoms. The van der Waals surface area contributed by atoms with Gasteiger partial charge in [-0.05, 0) is 24.6 Å². The molecule has 1 aromatic carbocycles. The molecule has 0 aliphatic rings. The molecule has 0 unspecified atom stereocenters. The zero-order valence-corrected chi connectivity index (χ0v) is 9.69. The van der Waals surface area contributed by atoms with Gasteiger partial charge in [-0.3, -0.25) is 0 Å². The first-order valence-corrected chi connectivity index (χ1v) is 5.67. The average molecular weight is 218 g/mol. The Morgan fingerprint density at radius 1 is 1.38 bits per heavy atom. The number of hydrogen-bond donors (Lipinski definition) is 1. The predicted molar refractivity (Wildman–Crippen MR) is 65.4 cm³/mol. The van der Waals surface area contributed by atoms with E-state index in [2.05, 4.69) is 17.9 Å². The van der Waals surface area contributed by atoms with Crippen molar-refractivity contribution in [1.29, 1.82) is 5.26 Å². The molecule has 86 valence electrons. The summed E-state index contributed by atoms with van der Waals surface area (Å²) in [5, 5.41) is 17.8. The maximum absolute atomic E-state index is 9.02. The van der Waals surface area contributed by atoms with E-state index in [0.717, 1.165) is 25.1 Å². The third-order valence-corrected chi connectivity index (χ3v) is 2.49. The van der Waals surface area contributed by atoms with Crippen LogP contribution in [0.2, 0.25) is 0 Å². The largest absolute Gasteiger partial charge is 0.395 e. The van der Waals surface area contributed by atoms with Gasteiger partial charge < -0.3 is 10.0 Å². The molecule has 3 nitrogen and oxygen atoms in total. The zero-order valence-electron chi connectivity index (χ0n) is 9.69. The summed E-state index contributed by atoms with van der Waals surface area (Å²) in [6.07, 6.45) is 2.22. The monoisotopic (exact) mass is 218 g/mol. The smallest absolute Gasteiger partial charge is 0.0992 e. The molecule has 1 aromatic rings. The molecule has 16 heavy (non-hydrogen) atoms. The lowest BCUT2D eigenvalue weighted by atomic mass is 10.2. The van der Waals surface area contributed by atoms with Gasteiger partial charge in [-0.25, -0.2) is 0 Å². The highest BCUT2D eigenvalue weighted by molar-refractivity contribution is 5.51. The van der Waals surface area contributed by atoms with E-state index in [0.29, 0.717) is 12.1 Å². The van der Waals surface area contributed by atoms with Gasteiger partial charge in [0.05, 0.1) is 18.2 Å². The molecule has 1 N–H and O–H groups in total. The molecule has 0 radical (unpaired) electrons. The van der Waals surface area contributed by atoms with Crippen molar-refractivity contribution < 1.29 is 5.11 Å². The number of unbranched alkanes of at least 4 members (excludes halogenated alkanes) is 1. The van der Waals surface area contributed by atoms with Gasteiger partial charge in [0.1, 0.15) is 0 Å². The summed E-state index contributed by atoms with van der Waals surface area (Å²) in [6, 6.07) is 9.65. The Labute approximate surface area is 96.9 Å². The number of nitrogens with zero attached hydrogens (tertiary/aromatic N) is 2. The molecule has 0 aliphatic heterocycles. The Kier molecular flexibility index (Phi) is 5.38. The molecule has 0 aromatic heterocycles. The summed E-state index contributed by atoms with van der Waals surface area (Å²) < 4.78 is 0. The van der Waals surface area contributed by atoms with E-state index >= 15 is 0 Å². The van der Waals surface area contributed by atoms with Gasteiger partial charge in [0.25, 0.3) is 0 Å². The first-order valence-electron chi connectivity index (χ1n) is 5.67. The lowest BCUT2D eigenvalue weighted by Gasteiger charge is -2.23. The van der Waals surface area contributed by atoms with Crippen LogP contribution in [-0.4, -0.2) is 24.8 Å². The van der Waals surface area contributed by atoms with Gasteiger partial charge >= 0.3 is 0 Å². The quantitative estimate of drug-likeness (QED) is 0.796. The van der Waals surface area contributed by atoms with Crippen molar-refractivity contribution in [2.45, 2.75) is 19.8 Å². The fourth-order valence-corrected chi connectivity index (χ4v) is 1.61. The highest BCUT2D eigenvalue weighted by atomic mass is 16.3. The van der Waals surface area contributed by atoms with Crippen molar-refractivity contribution in [1.82, 2.24) is 0 Å². The highest BCUT2D eigenvalue weighted by Crippen LogP contribution is 2.16. The molecule has 0 amide bonds. The predicted octanol–water partition coefficient (Wildman–Crippen LogP) is 2.16. The summed E-state index contributed by atoms with van der Waals surface area (Å²) in [4.78, 5) is 2.12. The Bertz CT molecular complexity index is 357. The van der Waals surface area contributed by atoms with Gasteiger partial charge in [0, 0.05) is 18.8 Å². The van der Waals surface area contributed by atoms with E-state index in [1.807, 2.05) is 18.2 Å². The summed E-state index contributed by atoms with van der Waals surface area (Å²) in [5.74, 6) is 0. The standard InChI is InChI=1S/C13H18N2O/c1-2-3-7-15(8-9-16)13-6-4-5-12(10-13)11-14/h4-6,10,16H,2-3,7-9H2,1H3. The van der Waals surface area contributed by atoms with Crippen molar-refractivity contribution in [3.63, 3.8) is 0 Å². The summed E-state index contributed by atoms with van der Waals surface area (Å²) in [6.45, 7) is 3.82. The minimum Gasteiger partial charge on any atom is -0.395 e.